The first kappa shape index (κ1) is 16.7. The van der Waals surface area contributed by atoms with Crippen molar-refractivity contribution in [3.63, 3.8) is 0 Å². The molecule has 0 spiro atoms. The zero-order valence-electron chi connectivity index (χ0n) is 15.1. The summed E-state index contributed by atoms with van der Waals surface area (Å²) in [4.78, 5) is 3.76. The van der Waals surface area contributed by atoms with E-state index in [0.29, 0.717) is 0 Å². The Morgan fingerprint density at radius 3 is 2.80 bits per heavy atom. The molecule has 0 aliphatic heterocycles. The standard InChI is InChI=1S/C22H24BrNO/c1-4-5-10-22(2)19-13-16(25-3)8-6-14(19)11-18-17-9-7-15(23)12-20(17)24-21(18)22/h6-9,12-13,24H,4-5,10-11H2,1-3H3. The second-order valence-corrected chi connectivity index (χ2v) is 8.22. The molecule has 130 valence electrons. The molecular formula is C22H24BrNO. The van der Waals surface area contributed by atoms with E-state index in [1.165, 1.54) is 46.1 Å². The van der Waals surface area contributed by atoms with Crippen LogP contribution in [0.4, 0.5) is 0 Å². The summed E-state index contributed by atoms with van der Waals surface area (Å²) in [7, 11) is 1.75. The molecule has 1 aliphatic rings. The Hall–Kier alpha value is -1.74. The molecule has 0 amide bonds. The topological polar surface area (TPSA) is 25.0 Å². The summed E-state index contributed by atoms with van der Waals surface area (Å²) in [5, 5.41) is 1.35. The first-order chi connectivity index (χ1) is 12.1. The maximum absolute atomic E-state index is 5.52. The molecule has 0 saturated carbocycles. The summed E-state index contributed by atoms with van der Waals surface area (Å²) in [6.45, 7) is 4.66. The Labute approximate surface area is 157 Å². The average molecular weight is 398 g/mol. The van der Waals surface area contributed by atoms with E-state index in [9.17, 15) is 0 Å². The fourth-order valence-corrected chi connectivity index (χ4v) is 4.71. The van der Waals surface area contributed by atoms with Gasteiger partial charge in [-0.1, -0.05) is 47.8 Å². The number of H-pyrrole nitrogens is 1. The van der Waals surface area contributed by atoms with E-state index in [1.807, 2.05) is 0 Å². The van der Waals surface area contributed by atoms with Crippen LogP contribution in [0.25, 0.3) is 10.9 Å². The number of unbranched alkanes of at least 4 members (excludes halogenated alkanes) is 1. The van der Waals surface area contributed by atoms with Crippen molar-refractivity contribution in [3.05, 3.63) is 63.3 Å². The highest BCUT2D eigenvalue weighted by molar-refractivity contribution is 9.10. The SMILES string of the molecule is CCCCC1(C)c2cc(OC)ccc2Cc2c1[nH]c1cc(Br)ccc21. The lowest BCUT2D eigenvalue weighted by Crippen LogP contribution is -2.30. The predicted octanol–water partition coefficient (Wildman–Crippen LogP) is 6.34. The van der Waals surface area contributed by atoms with E-state index in [2.05, 4.69) is 71.2 Å². The minimum Gasteiger partial charge on any atom is -0.497 e. The number of hydrogen-bond donors (Lipinski definition) is 1. The van der Waals surface area contributed by atoms with Crippen LogP contribution in [0.2, 0.25) is 0 Å². The Morgan fingerprint density at radius 2 is 2.04 bits per heavy atom. The number of aromatic amines is 1. The van der Waals surface area contributed by atoms with Crippen LogP contribution in [0, 0.1) is 0 Å². The highest BCUT2D eigenvalue weighted by Crippen LogP contribution is 2.47. The van der Waals surface area contributed by atoms with Gasteiger partial charge in [-0.05, 0) is 54.3 Å². The summed E-state index contributed by atoms with van der Waals surface area (Å²) in [6, 6.07) is 13.2. The fraction of sp³-hybridized carbons (Fsp3) is 0.364. The predicted molar refractivity (Wildman–Crippen MR) is 108 cm³/mol. The zero-order chi connectivity index (χ0) is 17.6. The molecule has 3 heteroatoms. The molecule has 4 rings (SSSR count). The molecule has 1 heterocycles. The molecule has 1 aromatic heterocycles. The van der Waals surface area contributed by atoms with Crippen LogP contribution in [0.3, 0.4) is 0 Å². The Bertz CT molecular complexity index is 943. The number of fused-ring (bicyclic) bond motifs is 4. The van der Waals surface area contributed by atoms with Gasteiger partial charge in [-0.25, -0.2) is 0 Å². The third-order valence-electron chi connectivity index (χ3n) is 5.73. The second kappa shape index (κ2) is 6.21. The second-order valence-electron chi connectivity index (χ2n) is 7.30. The third kappa shape index (κ3) is 2.60. The van der Waals surface area contributed by atoms with Gasteiger partial charge in [0.1, 0.15) is 5.75 Å². The number of rotatable bonds is 4. The molecule has 2 aromatic carbocycles. The number of benzene rings is 2. The molecule has 3 aromatic rings. The average Bonchev–Trinajstić information content (AvgIpc) is 2.98. The van der Waals surface area contributed by atoms with E-state index in [4.69, 9.17) is 4.74 Å². The molecule has 0 bridgehead atoms. The highest BCUT2D eigenvalue weighted by atomic mass is 79.9. The number of ether oxygens (including phenoxy) is 1. The van der Waals surface area contributed by atoms with Crippen LogP contribution in [-0.4, -0.2) is 12.1 Å². The van der Waals surface area contributed by atoms with Crippen molar-refractivity contribution >= 4 is 26.8 Å². The molecule has 25 heavy (non-hydrogen) atoms. The number of hydrogen-bond acceptors (Lipinski definition) is 1. The number of methoxy groups -OCH3 is 1. The largest absolute Gasteiger partial charge is 0.497 e. The number of halogens is 1. The molecule has 1 unspecified atom stereocenters. The van der Waals surface area contributed by atoms with E-state index in [-0.39, 0.29) is 5.41 Å². The molecule has 2 nitrogen and oxygen atoms in total. The van der Waals surface area contributed by atoms with E-state index < -0.39 is 0 Å². The van der Waals surface area contributed by atoms with Gasteiger partial charge in [0.05, 0.1) is 7.11 Å². The monoisotopic (exact) mass is 397 g/mol. The Balaban J connectivity index is 1.97. The first-order valence-corrected chi connectivity index (χ1v) is 9.84. The summed E-state index contributed by atoms with van der Waals surface area (Å²) in [5.74, 6) is 0.948. The fourth-order valence-electron chi connectivity index (χ4n) is 4.35. The van der Waals surface area contributed by atoms with Crippen LogP contribution in [0.1, 0.15) is 55.5 Å². The van der Waals surface area contributed by atoms with Crippen molar-refractivity contribution in [2.45, 2.75) is 44.9 Å². The highest BCUT2D eigenvalue weighted by Gasteiger charge is 2.38. The summed E-state index contributed by atoms with van der Waals surface area (Å²) in [5.41, 5.74) is 6.91. The minimum absolute atomic E-state index is 0.00103. The zero-order valence-corrected chi connectivity index (χ0v) is 16.7. The van der Waals surface area contributed by atoms with Crippen molar-refractivity contribution in [3.8, 4) is 5.75 Å². The van der Waals surface area contributed by atoms with Gasteiger partial charge in [-0.3, -0.25) is 0 Å². The smallest absolute Gasteiger partial charge is 0.119 e. The molecule has 0 fully saturated rings. The van der Waals surface area contributed by atoms with E-state index in [0.717, 1.165) is 23.1 Å². The Kier molecular flexibility index (Phi) is 4.15. The van der Waals surface area contributed by atoms with E-state index >= 15 is 0 Å². The molecule has 0 radical (unpaired) electrons. The van der Waals surface area contributed by atoms with Gasteiger partial charge in [0.2, 0.25) is 0 Å². The summed E-state index contributed by atoms with van der Waals surface area (Å²) < 4.78 is 6.64. The van der Waals surface area contributed by atoms with Gasteiger partial charge >= 0.3 is 0 Å². The molecular weight excluding hydrogens is 374 g/mol. The molecule has 1 atom stereocenters. The molecule has 1 N–H and O–H groups in total. The van der Waals surface area contributed by atoms with Crippen LogP contribution in [-0.2, 0) is 11.8 Å². The van der Waals surface area contributed by atoms with Crippen molar-refractivity contribution < 1.29 is 4.74 Å². The normalized spacial score (nSPS) is 18.9. The van der Waals surface area contributed by atoms with Crippen LogP contribution >= 0.6 is 15.9 Å². The number of aromatic nitrogens is 1. The van der Waals surface area contributed by atoms with Crippen LogP contribution < -0.4 is 4.74 Å². The van der Waals surface area contributed by atoms with Gasteiger partial charge < -0.3 is 9.72 Å². The van der Waals surface area contributed by atoms with Gasteiger partial charge in [0.15, 0.2) is 0 Å². The third-order valence-corrected chi connectivity index (χ3v) is 6.22. The first-order valence-electron chi connectivity index (χ1n) is 9.05. The lowest BCUT2D eigenvalue weighted by atomic mass is 9.68. The van der Waals surface area contributed by atoms with Crippen LogP contribution in [0.15, 0.2) is 40.9 Å². The van der Waals surface area contributed by atoms with Crippen molar-refractivity contribution in [2.75, 3.05) is 7.11 Å². The maximum Gasteiger partial charge on any atom is 0.119 e. The van der Waals surface area contributed by atoms with Gasteiger partial charge in [0.25, 0.3) is 0 Å². The summed E-state index contributed by atoms with van der Waals surface area (Å²) in [6.07, 6.45) is 4.55. The minimum atomic E-state index is -0.00103. The maximum atomic E-state index is 5.52. The van der Waals surface area contributed by atoms with Crippen molar-refractivity contribution in [1.29, 1.82) is 0 Å². The van der Waals surface area contributed by atoms with Crippen LogP contribution in [0.5, 0.6) is 5.75 Å². The van der Waals surface area contributed by atoms with Gasteiger partial charge in [0, 0.05) is 32.9 Å². The van der Waals surface area contributed by atoms with Crippen molar-refractivity contribution in [2.24, 2.45) is 0 Å². The van der Waals surface area contributed by atoms with Crippen molar-refractivity contribution in [1.82, 2.24) is 4.98 Å². The lowest BCUT2D eigenvalue weighted by Gasteiger charge is -2.36. The molecule has 1 aliphatic carbocycles. The lowest BCUT2D eigenvalue weighted by molar-refractivity contribution is 0.409. The summed E-state index contributed by atoms with van der Waals surface area (Å²) >= 11 is 3.61. The van der Waals surface area contributed by atoms with Gasteiger partial charge in [-0.15, -0.1) is 0 Å². The van der Waals surface area contributed by atoms with Gasteiger partial charge in [-0.2, -0.15) is 0 Å². The van der Waals surface area contributed by atoms with E-state index in [1.54, 1.807) is 7.11 Å². The quantitative estimate of drug-likeness (QED) is 0.545. The molecule has 0 saturated heterocycles. The Morgan fingerprint density at radius 1 is 1.20 bits per heavy atom. The number of nitrogens with one attached hydrogen (secondary N) is 1.